The van der Waals surface area contributed by atoms with Crippen LogP contribution in [0.1, 0.15) is 28.6 Å². The molecular weight excluding hydrogens is 410 g/mol. The molecule has 3 rings (SSSR count). The number of amides is 2. The van der Waals surface area contributed by atoms with E-state index in [9.17, 15) is 18.0 Å². The molecule has 162 valence electrons. The number of ether oxygens (including phenoxy) is 1. The van der Waals surface area contributed by atoms with Gasteiger partial charge in [0.2, 0.25) is 10.0 Å². The highest BCUT2D eigenvalue weighted by Crippen LogP contribution is 2.19. The van der Waals surface area contributed by atoms with Crippen LogP contribution < -0.4 is 4.72 Å². The molecule has 0 unspecified atom stereocenters. The number of hydrogen-bond donors (Lipinski definition) is 1. The molecule has 30 heavy (non-hydrogen) atoms. The summed E-state index contributed by atoms with van der Waals surface area (Å²) in [6.45, 7) is 5.25. The van der Waals surface area contributed by atoms with Crippen molar-refractivity contribution in [3.8, 4) is 0 Å². The number of carbonyl (C=O) groups is 2. The largest absolute Gasteiger partial charge is 0.468 e. The third kappa shape index (κ3) is 5.00. The average Bonchev–Trinajstić information content (AvgIpc) is 3.26. The van der Waals surface area contributed by atoms with Crippen molar-refractivity contribution >= 4 is 22.0 Å². The van der Waals surface area contributed by atoms with Crippen LogP contribution in [0, 0.1) is 6.92 Å². The molecular formula is C20H25N3O6S. The van der Waals surface area contributed by atoms with Gasteiger partial charge in [-0.1, -0.05) is 6.07 Å². The minimum atomic E-state index is -3.82. The average molecular weight is 436 g/mol. The fraction of sp³-hybridized carbons (Fsp3) is 0.400. The van der Waals surface area contributed by atoms with Gasteiger partial charge in [0.25, 0.3) is 5.91 Å². The smallest absolute Gasteiger partial charge is 0.409 e. The first-order valence-electron chi connectivity index (χ1n) is 9.65. The van der Waals surface area contributed by atoms with Crippen molar-refractivity contribution in [1.29, 1.82) is 0 Å². The zero-order valence-corrected chi connectivity index (χ0v) is 17.8. The zero-order valence-electron chi connectivity index (χ0n) is 17.0. The molecule has 1 aliphatic rings. The summed E-state index contributed by atoms with van der Waals surface area (Å²) in [4.78, 5) is 28.0. The summed E-state index contributed by atoms with van der Waals surface area (Å²) in [5.41, 5.74) is 0.998. The minimum Gasteiger partial charge on any atom is -0.468 e. The van der Waals surface area contributed by atoms with Crippen molar-refractivity contribution in [1.82, 2.24) is 14.5 Å². The van der Waals surface area contributed by atoms with Crippen molar-refractivity contribution in [3.63, 3.8) is 0 Å². The number of furan rings is 1. The van der Waals surface area contributed by atoms with Gasteiger partial charge >= 0.3 is 6.09 Å². The van der Waals surface area contributed by atoms with Gasteiger partial charge in [-0.2, -0.15) is 0 Å². The molecule has 0 bridgehead atoms. The lowest BCUT2D eigenvalue weighted by atomic mass is 10.1. The Labute approximate surface area is 175 Å². The maximum Gasteiger partial charge on any atom is 0.409 e. The third-order valence-corrected chi connectivity index (χ3v) is 6.26. The summed E-state index contributed by atoms with van der Waals surface area (Å²) in [7, 11) is -3.82. The van der Waals surface area contributed by atoms with E-state index in [1.807, 2.05) is 0 Å². The number of benzene rings is 1. The molecule has 2 heterocycles. The van der Waals surface area contributed by atoms with E-state index in [-0.39, 0.29) is 17.3 Å². The highest BCUT2D eigenvalue weighted by atomic mass is 32.2. The van der Waals surface area contributed by atoms with E-state index in [1.165, 1.54) is 18.4 Å². The molecule has 0 spiro atoms. The molecule has 0 atom stereocenters. The van der Waals surface area contributed by atoms with Crippen LogP contribution in [-0.2, 0) is 21.3 Å². The van der Waals surface area contributed by atoms with E-state index in [2.05, 4.69) is 4.72 Å². The lowest BCUT2D eigenvalue weighted by Gasteiger charge is -2.34. The Morgan fingerprint density at radius 1 is 1.13 bits per heavy atom. The first-order chi connectivity index (χ1) is 14.3. The van der Waals surface area contributed by atoms with Gasteiger partial charge in [0.05, 0.1) is 24.3 Å². The van der Waals surface area contributed by atoms with Crippen LogP contribution >= 0.6 is 0 Å². The Hall–Kier alpha value is -2.85. The standard InChI is InChI=1S/C20H25N3O6S/c1-3-28-20(25)23-10-8-22(9-11-23)19(24)18-13-17(7-6-15(18)2)30(26,27)21-14-16-5-4-12-29-16/h4-7,12-13,21H,3,8-11,14H2,1-2H3. The quantitative estimate of drug-likeness (QED) is 0.743. The summed E-state index contributed by atoms with van der Waals surface area (Å²) in [6, 6.07) is 7.81. The van der Waals surface area contributed by atoms with Crippen LogP contribution in [0.2, 0.25) is 0 Å². The molecule has 10 heteroatoms. The molecule has 1 saturated heterocycles. The highest BCUT2D eigenvalue weighted by Gasteiger charge is 2.27. The van der Waals surface area contributed by atoms with Crippen LogP contribution in [0.4, 0.5) is 4.79 Å². The summed E-state index contributed by atoms with van der Waals surface area (Å²) in [5.74, 6) is 0.223. The number of aryl methyl sites for hydroxylation is 1. The number of rotatable bonds is 6. The molecule has 2 aromatic rings. The number of piperazine rings is 1. The molecule has 0 aliphatic carbocycles. The normalized spacial score (nSPS) is 14.6. The van der Waals surface area contributed by atoms with Crippen molar-refractivity contribution in [2.75, 3.05) is 32.8 Å². The number of nitrogens with one attached hydrogen (secondary N) is 1. The van der Waals surface area contributed by atoms with E-state index >= 15 is 0 Å². The minimum absolute atomic E-state index is 0.00756. The first-order valence-corrected chi connectivity index (χ1v) is 11.1. The number of sulfonamides is 1. The molecule has 1 aromatic heterocycles. The van der Waals surface area contributed by atoms with Gasteiger partial charge in [0.15, 0.2) is 0 Å². The Bertz CT molecular complexity index is 996. The van der Waals surface area contributed by atoms with E-state index < -0.39 is 16.1 Å². The van der Waals surface area contributed by atoms with Crippen molar-refractivity contribution in [2.24, 2.45) is 0 Å². The van der Waals surface area contributed by atoms with Gasteiger partial charge in [-0.15, -0.1) is 0 Å². The highest BCUT2D eigenvalue weighted by molar-refractivity contribution is 7.89. The lowest BCUT2D eigenvalue weighted by Crippen LogP contribution is -2.50. The summed E-state index contributed by atoms with van der Waals surface area (Å²) in [6.07, 6.45) is 1.07. The van der Waals surface area contributed by atoms with E-state index in [1.54, 1.807) is 41.8 Å². The van der Waals surface area contributed by atoms with Crippen LogP contribution in [-0.4, -0.2) is 63.0 Å². The Balaban J connectivity index is 1.70. The van der Waals surface area contributed by atoms with Gasteiger partial charge < -0.3 is 19.0 Å². The fourth-order valence-electron chi connectivity index (χ4n) is 3.14. The Morgan fingerprint density at radius 3 is 2.47 bits per heavy atom. The molecule has 9 nitrogen and oxygen atoms in total. The first kappa shape index (κ1) is 21.8. The van der Waals surface area contributed by atoms with Gasteiger partial charge in [-0.05, 0) is 43.7 Å². The molecule has 1 aromatic carbocycles. The number of nitrogens with zero attached hydrogens (tertiary/aromatic N) is 2. The predicted octanol–water partition coefficient (Wildman–Crippen LogP) is 1.98. The van der Waals surface area contributed by atoms with Crippen LogP contribution in [0.5, 0.6) is 0 Å². The fourth-order valence-corrected chi connectivity index (χ4v) is 4.16. The van der Waals surface area contributed by atoms with E-state index in [4.69, 9.17) is 9.15 Å². The SMILES string of the molecule is CCOC(=O)N1CCN(C(=O)c2cc(S(=O)(=O)NCc3ccco3)ccc2C)CC1. The molecule has 1 aliphatic heterocycles. The maximum atomic E-state index is 13.0. The lowest BCUT2D eigenvalue weighted by molar-refractivity contribution is 0.0569. The number of carbonyl (C=O) groups excluding carboxylic acids is 2. The second kappa shape index (κ2) is 9.31. The topological polar surface area (TPSA) is 109 Å². The predicted molar refractivity (Wildman–Crippen MR) is 108 cm³/mol. The second-order valence-electron chi connectivity index (χ2n) is 6.86. The Morgan fingerprint density at radius 2 is 1.83 bits per heavy atom. The van der Waals surface area contributed by atoms with Gasteiger partial charge in [-0.25, -0.2) is 17.9 Å². The Kier molecular flexibility index (Phi) is 6.78. The molecule has 1 N–H and O–H groups in total. The summed E-state index contributed by atoms with van der Waals surface area (Å²) in [5, 5.41) is 0. The molecule has 0 radical (unpaired) electrons. The van der Waals surface area contributed by atoms with E-state index in [0.29, 0.717) is 49.7 Å². The molecule has 0 saturated carbocycles. The van der Waals surface area contributed by atoms with Crippen molar-refractivity contribution < 1.29 is 27.2 Å². The molecule has 2 amide bonds. The van der Waals surface area contributed by atoms with Crippen LogP contribution in [0.3, 0.4) is 0 Å². The zero-order chi connectivity index (χ0) is 21.7. The summed E-state index contributed by atoms with van der Waals surface area (Å²) < 4.78 is 37.9. The van der Waals surface area contributed by atoms with E-state index in [0.717, 1.165) is 0 Å². The third-order valence-electron chi connectivity index (χ3n) is 4.86. The van der Waals surface area contributed by atoms with Gasteiger partial charge in [-0.3, -0.25) is 4.79 Å². The van der Waals surface area contributed by atoms with Crippen LogP contribution in [0.25, 0.3) is 0 Å². The van der Waals surface area contributed by atoms with Crippen molar-refractivity contribution in [2.45, 2.75) is 25.3 Å². The van der Waals surface area contributed by atoms with Gasteiger partial charge in [0.1, 0.15) is 5.76 Å². The maximum absolute atomic E-state index is 13.0. The van der Waals surface area contributed by atoms with Crippen molar-refractivity contribution in [3.05, 3.63) is 53.5 Å². The summed E-state index contributed by atoms with van der Waals surface area (Å²) >= 11 is 0. The monoisotopic (exact) mass is 435 g/mol. The van der Waals surface area contributed by atoms with Gasteiger partial charge in [0, 0.05) is 31.7 Å². The number of hydrogen-bond acceptors (Lipinski definition) is 6. The van der Waals surface area contributed by atoms with Crippen LogP contribution in [0.15, 0.2) is 45.9 Å². The second-order valence-corrected chi connectivity index (χ2v) is 8.63. The molecule has 1 fully saturated rings.